The second kappa shape index (κ2) is 11.1. The van der Waals surface area contributed by atoms with Crippen molar-refractivity contribution >= 4 is 61.3 Å². The van der Waals surface area contributed by atoms with Gasteiger partial charge in [-0.25, -0.2) is 13.8 Å². The highest BCUT2D eigenvalue weighted by molar-refractivity contribution is 9.10. The van der Waals surface area contributed by atoms with Crippen LogP contribution >= 0.6 is 39.1 Å². The Hall–Kier alpha value is -2.23. The first-order valence-electron chi connectivity index (χ1n) is 9.32. The molecular formula is C22H18BrCl2N3O3S. The van der Waals surface area contributed by atoms with Gasteiger partial charge in [-0.15, -0.1) is 0 Å². The highest BCUT2D eigenvalue weighted by Crippen LogP contribution is 2.21. The topological polar surface area (TPSA) is 78.8 Å². The lowest BCUT2D eigenvalue weighted by Crippen LogP contribution is -2.39. The highest BCUT2D eigenvalue weighted by atomic mass is 79.9. The van der Waals surface area contributed by atoms with Crippen LogP contribution in [0.3, 0.4) is 0 Å². The molecule has 0 spiro atoms. The van der Waals surface area contributed by atoms with E-state index < -0.39 is 22.5 Å². The van der Waals surface area contributed by atoms with Gasteiger partial charge in [-0.3, -0.25) is 4.79 Å². The van der Waals surface area contributed by atoms with E-state index in [-0.39, 0.29) is 11.4 Å². The molecule has 0 radical (unpaired) electrons. The van der Waals surface area contributed by atoms with Crippen molar-refractivity contribution in [3.63, 3.8) is 0 Å². The first-order valence-corrected chi connectivity index (χ1v) is 12.3. The number of nitrogens with zero attached hydrogens (tertiary/aromatic N) is 2. The van der Waals surface area contributed by atoms with Gasteiger partial charge >= 0.3 is 0 Å². The van der Waals surface area contributed by atoms with Crippen molar-refractivity contribution in [1.82, 2.24) is 9.73 Å². The van der Waals surface area contributed by atoms with Crippen molar-refractivity contribution in [2.24, 2.45) is 5.10 Å². The molecule has 0 aliphatic rings. The fourth-order valence-electron chi connectivity index (χ4n) is 2.72. The highest BCUT2D eigenvalue weighted by Gasteiger charge is 2.27. The Bertz CT molecular complexity index is 1220. The third kappa shape index (κ3) is 6.63. The minimum Gasteiger partial charge on any atom is -0.272 e. The van der Waals surface area contributed by atoms with Crippen LogP contribution in [0.5, 0.6) is 0 Å². The van der Waals surface area contributed by atoms with Gasteiger partial charge in [-0.05, 0) is 48.0 Å². The van der Waals surface area contributed by atoms with Crippen molar-refractivity contribution in [1.29, 1.82) is 0 Å². The SMILES string of the molecule is O=C(CN(Cc1ccc(Cl)cc1)S(=O)(=O)c1ccc(Cl)cc1)N/N=C\c1ccccc1Br. The van der Waals surface area contributed by atoms with E-state index in [1.807, 2.05) is 24.3 Å². The van der Waals surface area contributed by atoms with Crippen molar-refractivity contribution in [2.75, 3.05) is 6.54 Å². The van der Waals surface area contributed by atoms with Gasteiger partial charge in [0.1, 0.15) is 0 Å². The number of hydrogen-bond donors (Lipinski definition) is 1. The predicted octanol–water partition coefficient (Wildman–Crippen LogP) is 5.10. The summed E-state index contributed by atoms with van der Waals surface area (Å²) in [6.45, 7) is -0.454. The summed E-state index contributed by atoms with van der Waals surface area (Å²) < 4.78 is 28.3. The number of carbonyl (C=O) groups is 1. The summed E-state index contributed by atoms with van der Waals surface area (Å²) in [5, 5.41) is 4.87. The van der Waals surface area contributed by atoms with Crippen LogP contribution in [0.25, 0.3) is 0 Å². The molecule has 0 aromatic heterocycles. The normalized spacial score (nSPS) is 11.8. The maximum absolute atomic E-state index is 13.2. The van der Waals surface area contributed by atoms with Crippen molar-refractivity contribution < 1.29 is 13.2 Å². The summed E-state index contributed by atoms with van der Waals surface area (Å²) >= 11 is 15.2. The van der Waals surface area contributed by atoms with Crippen LogP contribution in [0.4, 0.5) is 0 Å². The van der Waals surface area contributed by atoms with Gasteiger partial charge in [0.2, 0.25) is 10.0 Å². The largest absolute Gasteiger partial charge is 0.272 e. The molecule has 3 rings (SSSR count). The molecule has 166 valence electrons. The molecule has 32 heavy (non-hydrogen) atoms. The zero-order valence-corrected chi connectivity index (χ0v) is 20.5. The molecule has 0 unspecified atom stereocenters. The smallest absolute Gasteiger partial charge is 0.255 e. The summed E-state index contributed by atoms with van der Waals surface area (Å²) in [7, 11) is -3.98. The van der Waals surface area contributed by atoms with Gasteiger partial charge in [0, 0.05) is 26.6 Å². The number of nitrogens with one attached hydrogen (secondary N) is 1. The quantitative estimate of drug-likeness (QED) is 0.311. The van der Waals surface area contributed by atoms with Gasteiger partial charge < -0.3 is 0 Å². The van der Waals surface area contributed by atoms with Crippen molar-refractivity contribution in [2.45, 2.75) is 11.4 Å². The van der Waals surface area contributed by atoms with Crippen LogP contribution in [-0.4, -0.2) is 31.4 Å². The number of amides is 1. The number of halogens is 3. The second-order valence-corrected chi connectivity index (χ2v) is 10.3. The van der Waals surface area contributed by atoms with E-state index in [9.17, 15) is 13.2 Å². The van der Waals surface area contributed by atoms with E-state index in [0.29, 0.717) is 15.6 Å². The Labute approximate surface area is 205 Å². The Kier molecular flexibility index (Phi) is 8.44. The van der Waals surface area contributed by atoms with E-state index in [1.165, 1.54) is 30.5 Å². The first-order chi connectivity index (χ1) is 15.3. The average Bonchev–Trinajstić information content (AvgIpc) is 2.76. The molecule has 0 heterocycles. The van der Waals surface area contributed by atoms with Gasteiger partial charge in [-0.2, -0.15) is 9.41 Å². The molecule has 0 fully saturated rings. The molecule has 10 heteroatoms. The fraction of sp³-hybridized carbons (Fsp3) is 0.0909. The molecule has 0 bridgehead atoms. The van der Waals surface area contributed by atoms with E-state index >= 15 is 0 Å². The maximum atomic E-state index is 13.2. The Balaban J connectivity index is 1.80. The maximum Gasteiger partial charge on any atom is 0.255 e. The number of hydrogen-bond acceptors (Lipinski definition) is 4. The van der Waals surface area contributed by atoms with Gasteiger partial charge in [0.15, 0.2) is 0 Å². The van der Waals surface area contributed by atoms with Crippen LogP contribution in [0.1, 0.15) is 11.1 Å². The number of hydrazone groups is 1. The van der Waals surface area contributed by atoms with E-state index in [4.69, 9.17) is 23.2 Å². The molecule has 1 N–H and O–H groups in total. The Morgan fingerprint density at radius 3 is 2.19 bits per heavy atom. The van der Waals surface area contributed by atoms with Crippen LogP contribution < -0.4 is 5.43 Å². The molecule has 0 saturated heterocycles. The first kappa shape index (κ1) is 24.4. The molecule has 3 aromatic carbocycles. The second-order valence-electron chi connectivity index (χ2n) is 6.67. The van der Waals surface area contributed by atoms with Crippen molar-refractivity contribution in [3.8, 4) is 0 Å². The summed E-state index contributed by atoms with van der Waals surface area (Å²) in [6.07, 6.45) is 1.47. The number of benzene rings is 3. The molecule has 6 nitrogen and oxygen atoms in total. The lowest BCUT2D eigenvalue weighted by molar-refractivity contribution is -0.121. The van der Waals surface area contributed by atoms with E-state index in [2.05, 4.69) is 26.5 Å². The number of rotatable bonds is 8. The minimum atomic E-state index is -3.98. The Morgan fingerprint density at radius 1 is 0.969 bits per heavy atom. The molecule has 0 saturated carbocycles. The summed E-state index contributed by atoms with van der Waals surface area (Å²) in [6, 6.07) is 19.8. The average molecular weight is 555 g/mol. The minimum absolute atomic E-state index is 0.0243. The van der Waals surface area contributed by atoms with E-state index in [0.717, 1.165) is 14.3 Å². The van der Waals surface area contributed by atoms with Crippen LogP contribution in [0.15, 0.2) is 87.3 Å². The van der Waals surface area contributed by atoms with Crippen molar-refractivity contribution in [3.05, 3.63) is 98.4 Å². The van der Waals surface area contributed by atoms with Crippen LogP contribution in [0.2, 0.25) is 10.0 Å². The third-order valence-electron chi connectivity index (χ3n) is 4.34. The fourth-order valence-corrected chi connectivity index (χ4v) is 4.75. The molecular weight excluding hydrogens is 537 g/mol. The molecule has 0 atom stereocenters. The number of carbonyl (C=O) groups excluding carboxylic acids is 1. The number of sulfonamides is 1. The standard InChI is InChI=1S/C22H18BrCl2N3O3S/c23-21-4-2-1-3-17(21)13-26-27-22(29)15-28(14-16-5-7-18(24)8-6-16)32(30,31)20-11-9-19(25)10-12-20/h1-13H,14-15H2,(H,27,29)/b26-13-. The van der Waals surface area contributed by atoms with Gasteiger partial charge in [0.25, 0.3) is 5.91 Å². The Morgan fingerprint density at radius 2 is 1.56 bits per heavy atom. The van der Waals surface area contributed by atoms with Gasteiger partial charge in [-0.1, -0.05) is 69.5 Å². The molecule has 0 aliphatic heterocycles. The third-order valence-corrected chi connectivity index (χ3v) is 7.37. The summed E-state index contributed by atoms with van der Waals surface area (Å²) in [5.74, 6) is -0.584. The summed E-state index contributed by atoms with van der Waals surface area (Å²) in [5.41, 5.74) is 3.82. The zero-order valence-electron chi connectivity index (χ0n) is 16.6. The molecule has 3 aromatic rings. The molecule has 1 amide bonds. The predicted molar refractivity (Wildman–Crippen MR) is 130 cm³/mol. The van der Waals surface area contributed by atoms with Crippen LogP contribution in [-0.2, 0) is 21.4 Å². The lowest BCUT2D eigenvalue weighted by Gasteiger charge is -2.21. The monoisotopic (exact) mass is 553 g/mol. The van der Waals surface area contributed by atoms with Gasteiger partial charge in [0.05, 0.1) is 17.7 Å². The zero-order chi connectivity index (χ0) is 23.1. The molecule has 0 aliphatic carbocycles. The lowest BCUT2D eigenvalue weighted by atomic mass is 10.2. The van der Waals surface area contributed by atoms with E-state index in [1.54, 1.807) is 24.3 Å². The summed E-state index contributed by atoms with van der Waals surface area (Å²) in [4.78, 5) is 12.5. The van der Waals surface area contributed by atoms with Crippen LogP contribution in [0, 0.1) is 0 Å².